The third-order valence-electron chi connectivity index (χ3n) is 3.33. The first-order chi connectivity index (χ1) is 11.6. The number of aromatic nitrogens is 2. The molecule has 3 N–H and O–H groups in total. The highest BCUT2D eigenvalue weighted by Crippen LogP contribution is 2.17. The molecule has 0 bridgehead atoms. The summed E-state index contributed by atoms with van der Waals surface area (Å²) in [5, 5.41) is 11.8. The zero-order valence-electron chi connectivity index (χ0n) is 13.4. The fourth-order valence-corrected chi connectivity index (χ4v) is 2.83. The summed E-state index contributed by atoms with van der Waals surface area (Å²) in [7, 11) is 1.36. The summed E-state index contributed by atoms with van der Waals surface area (Å²) in [6.45, 7) is 0. The van der Waals surface area contributed by atoms with Crippen molar-refractivity contribution in [2.24, 2.45) is 5.73 Å². The SMILES string of the molecule is COC(=O)CCCc1nnc(NC(=O)[C@@H](N)Cc2ccccc2)s1. The third kappa shape index (κ3) is 5.71. The van der Waals surface area contributed by atoms with Crippen LogP contribution in [-0.4, -0.2) is 35.2 Å². The number of aryl methyl sites for hydroxylation is 1. The molecule has 24 heavy (non-hydrogen) atoms. The van der Waals surface area contributed by atoms with Gasteiger partial charge >= 0.3 is 5.97 Å². The maximum Gasteiger partial charge on any atom is 0.305 e. The van der Waals surface area contributed by atoms with Crippen LogP contribution in [-0.2, 0) is 27.2 Å². The molecule has 1 atom stereocenters. The molecular weight excluding hydrogens is 328 g/mol. The summed E-state index contributed by atoms with van der Waals surface area (Å²) in [5.41, 5.74) is 6.93. The van der Waals surface area contributed by atoms with Crippen LogP contribution in [0.25, 0.3) is 0 Å². The summed E-state index contributed by atoms with van der Waals surface area (Å²) < 4.78 is 4.58. The van der Waals surface area contributed by atoms with Gasteiger partial charge in [-0.3, -0.25) is 14.9 Å². The Hall–Kier alpha value is -2.32. The van der Waals surface area contributed by atoms with Gasteiger partial charge in [-0.25, -0.2) is 0 Å². The number of hydrogen-bond donors (Lipinski definition) is 2. The van der Waals surface area contributed by atoms with E-state index in [1.807, 2.05) is 30.3 Å². The Morgan fingerprint density at radius 3 is 2.75 bits per heavy atom. The van der Waals surface area contributed by atoms with E-state index in [2.05, 4.69) is 20.3 Å². The maximum atomic E-state index is 12.1. The van der Waals surface area contributed by atoms with Gasteiger partial charge in [-0.1, -0.05) is 41.7 Å². The molecule has 0 saturated carbocycles. The van der Waals surface area contributed by atoms with Crippen LogP contribution < -0.4 is 11.1 Å². The number of amides is 1. The number of nitrogens with zero attached hydrogens (tertiary/aromatic N) is 2. The summed E-state index contributed by atoms with van der Waals surface area (Å²) in [5.74, 6) is -0.545. The van der Waals surface area contributed by atoms with Crippen LogP contribution in [0.2, 0.25) is 0 Å². The molecule has 0 fully saturated rings. The summed E-state index contributed by atoms with van der Waals surface area (Å²) in [4.78, 5) is 23.2. The van der Waals surface area contributed by atoms with Crippen molar-refractivity contribution in [1.29, 1.82) is 0 Å². The molecule has 1 heterocycles. The van der Waals surface area contributed by atoms with Crippen molar-refractivity contribution in [1.82, 2.24) is 10.2 Å². The molecule has 0 spiro atoms. The fourth-order valence-electron chi connectivity index (χ4n) is 2.05. The third-order valence-corrected chi connectivity index (χ3v) is 4.23. The van der Waals surface area contributed by atoms with Gasteiger partial charge in [-0.15, -0.1) is 10.2 Å². The van der Waals surface area contributed by atoms with Crippen LogP contribution in [0.5, 0.6) is 0 Å². The fraction of sp³-hybridized carbons (Fsp3) is 0.375. The largest absolute Gasteiger partial charge is 0.469 e. The van der Waals surface area contributed by atoms with E-state index >= 15 is 0 Å². The second-order valence-electron chi connectivity index (χ2n) is 5.22. The van der Waals surface area contributed by atoms with Crippen molar-refractivity contribution >= 4 is 28.3 Å². The molecule has 2 aromatic rings. The molecule has 128 valence electrons. The average molecular weight is 348 g/mol. The lowest BCUT2D eigenvalue weighted by Gasteiger charge is -2.10. The highest BCUT2D eigenvalue weighted by atomic mass is 32.1. The number of esters is 1. The highest BCUT2D eigenvalue weighted by Gasteiger charge is 2.16. The summed E-state index contributed by atoms with van der Waals surface area (Å²) in [6.07, 6.45) is 2.03. The minimum atomic E-state index is -0.654. The molecule has 1 amide bonds. The second kappa shape index (κ2) is 9.09. The number of ether oxygens (including phenoxy) is 1. The maximum absolute atomic E-state index is 12.1. The first kappa shape index (κ1) is 18.0. The number of methoxy groups -OCH3 is 1. The van der Waals surface area contributed by atoms with Crippen molar-refractivity contribution in [2.75, 3.05) is 12.4 Å². The van der Waals surface area contributed by atoms with Crippen LogP contribution in [0.1, 0.15) is 23.4 Å². The van der Waals surface area contributed by atoms with Gasteiger partial charge in [0.05, 0.1) is 13.2 Å². The molecule has 1 aromatic carbocycles. The Bertz CT molecular complexity index is 675. The predicted molar refractivity (Wildman–Crippen MR) is 91.6 cm³/mol. The normalized spacial score (nSPS) is 11.8. The Balaban J connectivity index is 1.80. The van der Waals surface area contributed by atoms with Crippen LogP contribution in [0.3, 0.4) is 0 Å². The van der Waals surface area contributed by atoms with Gasteiger partial charge in [0.25, 0.3) is 0 Å². The van der Waals surface area contributed by atoms with Crippen LogP contribution in [0.15, 0.2) is 30.3 Å². The summed E-state index contributed by atoms with van der Waals surface area (Å²) >= 11 is 1.28. The van der Waals surface area contributed by atoms with Gasteiger partial charge < -0.3 is 10.5 Å². The van der Waals surface area contributed by atoms with Gasteiger partial charge in [0.15, 0.2) is 0 Å². The molecule has 0 unspecified atom stereocenters. The number of hydrogen-bond acceptors (Lipinski definition) is 7. The van der Waals surface area contributed by atoms with Crippen molar-refractivity contribution in [3.8, 4) is 0 Å². The first-order valence-corrected chi connectivity index (χ1v) is 8.39. The predicted octanol–water partition coefficient (Wildman–Crippen LogP) is 1.54. The molecule has 0 aliphatic rings. The van der Waals surface area contributed by atoms with E-state index in [-0.39, 0.29) is 11.9 Å². The van der Waals surface area contributed by atoms with E-state index in [0.717, 1.165) is 10.6 Å². The number of benzene rings is 1. The van der Waals surface area contributed by atoms with Gasteiger partial charge in [-0.2, -0.15) is 0 Å². The Labute approximate surface area is 144 Å². The summed E-state index contributed by atoms with van der Waals surface area (Å²) in [6, 6.07) is 8.93. The zero-order valence-corrected chi connectivity index (χ0v) is 14.2. The van der Waals surface area contributed by atoms with Gasteiger partial charge in [0.1, 0.15) is 5.01 Å². The quantitative estimate of drug-likeness (QED) is 0.701. The van der Waals surface area contributed by atoms with Crippen LogP contribution in [0, 0.1) is 0 Å². The van der Waals surface area contributed by atoms with E-state index < -0.39 is 6.04 Å². The minimum absolute atomic E-state index is 0.250. The number of nitrogens with one attached hydrogen (secondary N) is 1. The lowest BCUT2D eigenvalue weighted by molar-refractivity contribution is -0.140. The lowest BCUT2D eigenvalue weighted by atomic mass is 10.1. The molecule has 7 nitrogen and oxygen atoms in total. The molecule has 8 heteroatoms. The molecule has 2 rings (SSSR count). The van der Waals surface area contributed by atoms with Crippen molar-refractivity contribution < 1.29 is 14.3 Å². The first-order valence-electron chi connectivity index (χ1n) is 7.58. The van der Waals surface area contributed by atoms with Gasteiger partial charge in [0.2, 0.25) is 11.0 Å². The number of nitrogens with two attached hydrogens (primary N) is 1. The lowest BCUT2D eigenvalue weighted by Crippen LogP contribution is -2.37. The number of carbonyl (C=O) groups is 2. The molecule has 0 radical (unpaired) electrons. The van der Waals surface area contributed by atoms with Crippen molar-refractivity contribution in [3.63, 3.8) is 0 Å². The second-order valence-corrected chi connectivity index (χ2v) is 6.28. The van der Waals surface area contributed by atoms with Gasteiger partial charge in [0, 0.05) is 12.8 Å². The molecule has 1 aromatic heterocycles. The van der Waals surface area contributed by atoms with E-state index in [0.29, 0.717) is 30.8 Å². The zero-order chi connectivity index (χ0) is 17.4. The minimum Gasteiger partial charge on any atom is -0.469 e. The van der Waals surface area contributed by atoms with Crippen LogP contribution in [0.4, 0.5) is 5.13 Å². The number of anilines is 1. The van der Waals surface area contributed by atoms with Crippen molar-refractivity contribution in [3.05, 3.63) is 40.9 Å². The molecular formula is C16H20N4O3S. The molecule has 0 saturated heterocycles. The Morgan fingerprint density at radius 2 is 2.04 bits per heavy atom. The van der Waals surface area contributed by atoms with Gasteiger partial charge in [-0.05, 0) is 18.4 Å². The molecule has 0 aliphatic heterocycles. The topological polar surface area (TPSA) is 107 Å². The monoisotopic (exact) mass is 348 g/mol. The highest BCUT2D eigenvalue weighted by molar-refractivity contribution is 7.15. The van der Waals surface area contributed by atoms with E-state index in [4.69, 9.17) is 5.73 Å². The van der Waals surface area contributed by atoms with Crippen LogP contribution >= 0.6 is 11.3 Å². The number of rotatable bonds is 8. The standard InChI is InChI=1S/C16H20N4O3S/c1-23-14(21)9-5-8-13-19-20-16(24-13)18-15(22)12(17)10-11-6-3-2-4-7-11/h2-4,6-7,12H,5,8-10,17H2,1H3,(H,18,20,22)/t12-/m0/s1. The average Bonchev–Trinajstić information content (AvgIpc) is 3.02. The van der Waals surface area contributed by atoms with Crippen molar-refractivity contribution in [2.45, 2.75) is 31.7 Å². The Kier molecular flexibility index (Phi) is 6.83. The number of carbonyl (C=O) groups excluding carboxylic acids is 2. The Morgan fingerprint density at radius 1 is 1.29 bits per heavy atom. The van der Waals surface area contributed by atoms with E-state index in [9.17, 15) is 9.59 Å². The van der Waals surface area contributed by atoms with E-state index in [1.165, 1.54) is 18.4 Å². The molecule has 0 aliphatic carbocycles. The van der Waals surface area contributed by atoms with E-state index in [1.54, 1.807) is 0 Å². The smallest absolute Gasteiger partial charge is 0.305 e.